The average molecular weight is 391 g/mol. The molecule has 0 amide bonds. The van der Waals surface area contributed by atoms with Gasteiger partial charge in [-0.2, -0.15) is 4.91 Å². The average Bonchev–Trinajstić information content (AvgIpc) is 2.68. The number of rotatable bonds is 4. The third-order valence-electron chi connectivity index (χ3n) is 4.00. The zero-order valence-electron chi connectivity index (χ0n) is 15.1. The van der Waals surface area contributed by atoms with Crippen molar-refractivity contribution in [2.75, 3.05) is 7.11 Å². The lowest BCUT2D eigenvalue weighted by atomic mass is 9.96. The van der Waals surface area contributed by atoms with Crippen molar-refractivity contribution in [1.29, 1.82) is 0 Å². The summed E-state index contributed by atoms with van der Waals surface area (Å²) in [6.45, 7) is 0. The Morgan fingerprint density at radius 2 is 1.61 bits per heavy atom. The van der Waals surface area contributed by atoms with E-state index >= 15 is 0 Å². The van der Waals surface area contributed by atoms with Crippen LogP contribution < -0.4 is 0 Å². The Balaban J connectivity index is 0.000000500. The van der Waals surface area contributed by atoms with E-state index in [4.69, 9.17) is 4.42 Å². The molecule has 1 atom stereocenters. The summed E-state index contributed by atoms with van der Waals surface area (Å²) in [6, 6.07) is 13.7. The van der Waals surface area contributed by atoms with Crippen LogP contribution in [0.1, 0.15) is 18.0 Å². The van der Waals surface area contributed by atoms with E-state index in [0.29, 0.717) is 6.42 Å². The van der Waals surface area contributed by atoms with Crippen molar-refractivity contribution in [3.63, 3.8) is 0 Å². The van der Waals surface area contributed by atoms with Gasteiger partial charge in [0.25, 0.3) is 7.11 Å². The summed E-state index contributed by atoms with van der Waals surface area (Å²) >= 11 is 0. The molecule has 2 aromatic carbocycles. The molecule has 0 aliphatic heterocycles. The first-order chi connectivity index (χ1) is 13.3. The molecule has 0 radical (unpaired) electrons. The number of fused-ring (bicyclic) bond motifs is 1. The standard InChI is InChI=1S/C20H18NO2.BF4/c1-23-17-12-9-15(10-13-17)11-14-20(21-22)19-8-4-6-16-5-2-3-7-18(16)19;2-1(3,4)5/h2-13,20H,14H2,1H3;/q+1;-1. The Morgan fingerprint density at radius 3 is 2.21 bits per heavy atom. The van der Waals surface area contributed by atoms with E-state index in [2.05, 4.69) is 5.18 Å². The predicted molar refractivity (Wildman–Crippen MR) is 105 cm³/mol. The fraction of sp³-hybridized carbons (Fsp3) is 0.150. The van der Waals surface area contributed by atoms with Gasteiger partial charge in [-0.05, 0) is 40.5 Å². The first kappa shape index (κ1) is 21.3. The van der Waals surface area contributed by atoms with E-state index < -0.39 is 7.25 Å². The van der Waals surface area contributed by atoms with Crippen LogP contribution in [0.4, 0.5) is 17.3 Å². The molecule has 0 spiro atoms. The van der Waals surface area contributed by atoms with Gasteiger partial charge in [0.05, 0.1) is 0 Å². The molecule has 146 valence electrons. The van der Waals surface area contributed by atoms with E-state index in [9.17, 15) is 22.2 Å². The molecule has 3 nitrogen and oxygen atoms in total. The summed E-state index contributed by atoms with van der Waals surface area (Å²) in [5.74, 6) is 0.821. The Morgan fingerprint density at radius 1 is 1.00 bits per heavy atom. The molecular weight excluding hydrogens is 373 g/mol. The molecule has 28 heavy (non-hydrogen) atoms. The lowest BCUT2D eigenvalue weighted by Gasteiger charge is -2.11. The van der Waals surface area contributed by atoms with Crippen molar-refractivity contribution < 1.29 is 21.7 Å². The van der Waals surface area contributed by atoms with E-state index in [1.807, 2.05) is 72.8 Å². The molecule has 1 aliphatic carbocycles. The molecule has 1 unspecified atom stereocenters. The zero-order valence-corrected chi connectivity index (χ0v) is 15.1. The maximum Gasteiger partial charge on any atom is 0.673 e. The minimum Gasteiger partial charge on any atom is -0.418 e. The molecule has 0 fully saturated rings. The monoisotopic (exact) mass is 391 g/mol. The Labute approximate surface area is 159 Å². The van der Waals surface area contributed by atoms with Crippen molar-refractivity contribution in [3.05, 3.63) is 88.9 Å². The van der Waals surface area contributed by atoms with E-state index in [1.165, 1.54) is 0 Å². The lowest BCUT2D eigenvalue weighted by Crippen LogP contribution is -2.02. The maximum atomic E-state index is 11.4. The van der Waals surface area contributed by atoms with Crippen LogP contribution >= 0.6 is 0 Å². The summed E-state index contributed by atoms with van der Waals surface area (Å²) in [5, 5.41) is 5.56. The Bertz CT molecular complexity index is 919. The van der Waals surface area contributed by atoms with Crippen LogP contribution in [0, 0.1) is 4.91 Å². The van der Waals surface area contributed by atoms with Crippen LogP contribution in [0.15, 0.2) is 83.6 Å². The van der Waals surface area contributed by atoms with Gasteiger partial charge in [0, 0.05) is 12.2 Å². The third-order valence-corrected chi connectivity index (χ3v) is 4.00. The summed E-state index contributed by atoms with van der Waals surface area (Å²) < 4.78 is 44.2. The molecule has 1 aliphatic rings. The van der Waals surface area contributed by atoms with Gasteiger partial charge in [0.15, 0.2) is 0 Å². The number of hydrogen-bond acceptors (Lipinski definition) is 2. The summed E-state index contributed by atoms with van der Waals surface area (Å²) in [6.07, 6.45) is 10.4. The van der Waals surface area contributed by atoms with Crippen molar-refractivity contribution in [3.8, 4) is 0 Å². The Hall–Kier alpha value is -3.03. The summed E-state index contributed by atoms with van der Waals surface area (Å²) in [4.78, 5) is 11.4. The minimum atomic E-state index is -6.00. The molecule has 0 saturated carbocycles. The molecule has 3 rings (SSSR count). The van der Waals surface area contributed by atoms with Crippen LogP contribution in [0.5, 0.6) is 0 Å². The quantitative estimate of drug-likeness (QED) is 0.268. The van der Waals surface area contributed by atoms with Crippen molar-refractivity contribution in [1.82, 2.24) is 0 Å². The highest BCUT2D eigenvalue weighted by Crippen LogP contribution is 2.29. The molecule has 0 bridgehead atoms. The molecule has 8 heteroatoms. The van der Waals surface area contributed by atoms with E-state index in [-0.39, 0.29) is 6.04 Å². The first-order valence-corrected chi connectivity index (χ1v) is 8.46. The second kappa shape index (κ2) is 9.78. The van der Waals surface area contributed by atoms with Gasteiger partial charge in [-0.25, -0.2) is 0 Å². The van der Waals surface area contributed by atoms with E-state index in [0.717, 1.165) is 27.7 Å². The fourth-order valence-corrected chi connectivity index (χ4v) is 2.76. The normalized spacial score (nSPS) is 14.3. The number of ketones is 1. The number of nitroso groups, excluding NO2 is 1. The van der Waals surface area contributed by atoms with Gasteiger partial charge in [-0.15, -0.1) is 0 Å². The largest absolute Gasteiger partial charge is 0.673 e. The summed E-state index contributed by atoms with van der Waals surface area (Å²) in [5.41, 5.74) is 2.03. The highest BCUT2D eigenvalue weighted by molar-refractivity contribution is 6.50. The predicted octanol–water partition coefficient (Wildman–Crippen LogP) is 6.12. The fourth-order valence-electron chi connectivity index (χ4n) is 2.76. The smallest absolute Gasteiger partial charge is 0.418 e. The van der Waals surface area contributed by atoms with Crippen LogP contribution in [0.2, 0.25) is 0 Å². The number of hydrogen-bond donors (Lipinski definition) is 0. The second-order valence-electron chi connectivity index (χ2n) is 5.90. The highest BCUT2D eigenvalue weighted by atomic mass is 19.5. The number of allylic oxidation sites excluding steroid dienone is 5. The van der Waals surface area contributed by atoms with Crippen molar-refractivity contribution >= 4 is 23.8 Å². The SMILES string of the molecule is C[O+]=C1C=CC(=CCC(N=O)c2cccc3ccccc23)C=C1.F[B-](F)(F)F. The maximum absolute atomic E-state index is 11.4. The van der Waals surface area contributed by atoms with Crippen LogP contribution in [-0.4, -0.2) is 20.1 Å². The third kappa shape index (κ3) is 6.61. The van der Waals surface area contributed by atoms with Crippen LogP contribution in [-0.2, 0) is 4.42 Å². The summed E-state index contributed by atoms with van der Waals surface area (Å²) in [7, 11) is -4.36. The highest BCUT2D eigenvalue weighted by Gasteiger charge is 2.20. The van der Waals surface area contributed by atoms with Gasteiger partial charge < -0.3 is 17.3 Å². The van der Waals surface area contributed by atoms with Gasteiger partial charge in [-0.1, -0.05) is 53.7 Å². The molecule has 0 N–H and O–H groups in total. The first-order valence-electron chi connectivity index (χ1n) is 8.46. The molecule has 0 aromatic heterocycles. The number of halogens is 4. The van der Waals surface area contributed by atoms with Crippen LogP contribution in [0.3, 0.4) is 0 Å². The van der Waals surface area contributed by atoms with E-state index in [1.54, 1.807) is 7.11 Å². The molecule has 0 heterocycles. The Kier molecular flexibility index (Phi) is 7.43. The zero-order chi connectivity index (χ0) is 20.6. The molecule has 2 aromatic rings. The number of benzene rings is 2. The number of carbonyl (C=O) groups excluding carboxylic acids is 1. The second-order valence-corrected chi connectivity index (χ2v) is 5.90. The molecule has 0 saturated heterocycles. The minimum absolute atomic E-state index is 0.386. The van der Waals surface area contributed by atoms with Crippen molar-refractivity contribution in [2.45, 2.75) is 12.5 Å². The van der Waals surface area contributed by atoms with Gasteiger partial charge in [0.1, 0.15) is 6.04 Å². The molecular formula is C20H18BF4NO2. The van der Waals surface area contributed by atoms with Gasteiger partial charge in [0.2, 0.25) is 0 Å². The van der Waals surface area contributed by atoms with Gasteiger partial charge in [-0.3, -0.25) is 4.42 Å². The van der Waals surface area contributed by atoms with Crippen LogP contribution in [0.25, 0.3) is 10.8 Å². The topological polar surface area (TPSA) is 40.7 Å². The van der Waals surface area contributed by atoms with Crippen molar-refractivity contribution in [2.24, 2.45) is 5.18 Å². The number of nitrogens with zero attached hydrogens (tertiary/aromatic N) is 1. The lowest BCUT2D eigenvalue weighted by molar-refractivity contribution is -0.417. The van der Waals surface area contributed by atoms with Gasteiger partial charge >= 0.3 is 13.0 Å².